The SMILES string of the molecule is O=C(NCC(O)c1ccc(-c2ccco2)o1)c1ccccc1Br. The first-order valence-corrected chi connectivity index (χ1v) is 7.79. The Labute approximate surface area is 141 Å². The molecule has 3 aromatic rings. The number of hydrogen-bond acceptors (Lipinski definition) is 4. The fraction of sp³-hybridized carbons (Fsp3) is 0.118. The molecular weight excluding hydrogens is 362 g/mol. The van der Waals surface area contributed by atoms with Gasteiger partial charge in [0.1, 0.15) is 11.9 Å². The molecule has 118 valence electrons. The Balaban J connectivity index is 1.62. The van der Waals surface area contributed by atoms with Crippen molar-refractivity contribution in [2.75, 3.05) is 6.54 Å². The second-order valence-electron chi connectivity index (χ2n) is 4.88. The van der Waals surface area contributed by atoms with Crippen molar-refractivity contribution < 1.29 is 18.7 Å². The highest BCUT2D eigenvalue weighted by molar-refractivity contribution is 9.10. The third-order valence-electron chi connectivity index (χ3n) is 3.29. The Kier molecular flexibility index (Phi) is 4.64. The molecule has 0 saturated carbocycles. The van der Waals surface area contributed by atoms with E-state index in [9.17, 15) is 9.90 Å². The lowest BCUT2D eigenvalue weighted by atomic mass is 10.2. The van der Waals surface area contributed by atoms with Gasteiger partial charge < -0.3 is 19.3 Å². The van der Waals surface area contributed by atoms with Crippen LogP contribution in [0, 0.1) is 0 Å². The van der Waals surface area contributed by atoms with Crippen LogP contribution in [0.25, 0.3) is 11.5 Å². The zero-order valence-corrected chi connectivity index (χ0v) is 13.6. The van der Waals surface area contributed by atoms with Crippen LogP contribution < -0.4 is 5.32 Å². The summed E-state index contributed by atoms with van der Waals surface area (Å²) in [4.78, 5) is 12.1. The van der Waals surface area contributed by atoms with Crippen LogP contribution in [0.15, 0.2) is 68.1 Å². The van der Waals surface area contributed by atoms with Crippen LogP contribution >= 0.6 is 15.9 Å². The minimum Gasteiger partial charge on any atom is -0.461 e. The molecule has 1 aromatic carbocycles. The highest BCUT2D eigenvalue weighted by atomic mass is 79.9. The minimum absolute atomic E-state index is 0.0469. The maximum atomic E-state index is 12.1. The number of hydrogen-bond donors (Lipinski definition) is 2. The first-order chi connectivity index (χ1) is 11.1. The van der Waals surface area contributed by atoms with Crippen molar-refractivity contribution in [2.45, 2.75) is 6.10 Å². The molecule has 0 saturated heterocycles. The molecule has 2 heterocycles. The van der Waals surface area contributed by atoms with Crippen LogP contribution in [0.2, 0.25) is 0 Å². The average molecular weight is 376 g/mol. The molecule has 2 N–H and O–H groups in total. The van der Waals surface area contributed by atoms with Crippen LogP contribution in [0.5, 0.6) is 0 Å². The molecule has 2 aromatic heterocycles. The number of aliphatic hydroxyl groups is 1. The third-order valence-corrected chi connectivity index (χ3v) is 3.99. The molecule has 0 aliphatic rings. The maximum absolute atomic E-state index is 12.1. The number of amides is 1. The molecule has 0 radical (unpaired) electrons. The Hall–Kier alpha value is -2.31. The lowest BCUT2D eigenvalue weighted by Crippen LogP contribution is -2.28. The summed E-state index contributed by atoms with van der Waals surface area (Å²) in [5.74, 6) is 1.21. The predicted octanol–water partition coefficient (Wildman–Crippen LogP) is 3.77. The van der Waals surface area contributed by atoms with Crippen LogP contribution in [0.4, 0.5) is 0 Å². The number of benzene rings is 1. The summed E-state index contributed by atoms with van der Waals surface area (Å²) < 4.78 is 11.5. The summed E-state index contributed by atoms with van der Waals surface area (Å²) in [6.07, 6.45) is 0.608. The van der Waals surface area contributed by atoms with Gasteiger partial charge in [-0.1, -0.05) is 12.1 Å². The average Bonchev–Trinajstić information content (AvgIpc) is 3.23. The topological polar surface area (TPSA) is 75.6 Å². The van der Waals surface area contributed by atoms with Crippen molar-refractivity contribution in [1.82, 2.24) is 5.32 Å². The summed E-state index contributed by atoms with van der Waals surface area (Å²) in [7, 11) is 0. The highest BCUT2D eigenvalue weighted by Crippen LogP contribution is 2.25. The molecule has 1 amide bonds. The quantitative estimate of drug-likeness (QED) is 0.711. The van der Waals surface area contributed by atoms with E-state index in [0.29, 0.717) is 27.3 Å². The van der Waals surface area contributed by atoms with Gasteiger partial charge in [-0.05, 0) is 52.3 Å². The number of carbonyl (C=O) groups is 1. The fourth-order valence-corrected chi connectivity index (χ4v) is 2.58. The van der Waals surface area contributed by atoms with E-state index in [-0.39, 0.29) is 12.5 Å². The van der Waals surface area contributed by atoms with Crippen LogP contribution in [-0.2, 0) is 0 Å². The van der Waals surface area contributed by atoms with Crippen molar-refractivity contribution >= 4 is 21.8 Å². The normalized spacial score (nSPS) is 12.1. The van der Waals surface area contributed by atoms with Gasteiger partial charge in [0.05, 0.1) is 18.4 Å². The molecule has 0 bridgehead atoms. The van der Waals surface area contributed by atoms with Gasteiger partial charge in [-0.15, -0.1) is 0 Å². The predicted molar refractivity (Wildman–Crippen MR) is 87.8 cm³/mol. The summed E-state index contributed by atoms with van der Waals surface area (Å²) in [6, 6.07) is 14.0. The summed E-state index contributed by atoms with van der Waals surface area (Å²) in [5, 5.41) is 12.8. The smallest absolute Gasteiger partial charge is 0.252 e. The molecule has 1 atom stereocenters. The molecule has 0 fully saturated rings. The molecule has 3 rings (SSSR count). The van der Waals surface area contributed by atoms with E-state index >= 15 is 0 Å². The molecule has 6 heteroatoms. The van der Waals surface area contributed by atoms with Crippen LogP contribution in [-0.4, -0.2) is 17.6 Å². The monoisotopic (exact) mass is 375 g/mol. The van der Waals surface area contributed by atoms with Gasteiger partial charge in [-0.2, -0.15) is 0 Å². The fourth-order valence-electron chi connectivity index (χ4n) is 2.11. The molecular formula is C17H14BrNO4. The number of aliphatic hydroxyl groups excluding tert-OH is 1. The lowest BCUT2D eigenvalue weighted by molar-refractivity contribution is 0.0901. The highest BCUT2D eigenvalue weighted by Gasteiger charge is 2.16. The van der Waals surface area contributed by atoms with E-state index in [1.165, 1.54) is 0 Å². The number of carbonyl (C=O) groups excluding carboxylic acids is 1. The number of rotatable bonds is 5. The first-order valence-electron chi connectivity index (χ1n) is 6.99. The molecule has 23 heavy (non-hydrogen) atoms. The minimum atomic E-state index is -0.940. The van der Waals surface area contributed by atoms with Gasteiger partial charge in [-0.25, -0.2) is 0 Å². The Bertz CT molecular complexity index is 795. The Morgan fingerprint density at radius 1 is 1.13 bits per heavy atom. The first kappa shape index (κ1) is 15.6. The third kappa shape index (κ3) is 3.55. The van der Waals surface area contributed by atoms with Crippen molar-refractivity contribution in [3.05, 3.63) is 70.6 Å². The van der Waals surface area contributed by atoms with E-state index in [2.05, 4.69) is 21.2 Å². The van der Waals surface area contributed by atoms with Crippen LogP contribution in [0.1, 0.15) is 22.2 Å². The van der Waals surface area contributed by atoms with Gasteiger partial charge in [0, 0.05) is 4.47 Å². The van der Waals surface area contributed by atoms with E-state index in [1.807, 2.05) is 6.07 Å². The van der Waals surface area contributed by atoms with Crippen molar-refractivity contribution in [3.8, 4) is 11.5 Å². The molecule has 0 aliphatic carbocycles. The number of halogens is 1. The van der Waals surface area contributed by atoms with E-state index in [1.54, 1.807) is 48.7 Å². The van der Waals surface area contributed by atoms with Gasteiger partial charge in [0.15, 0.2) is 11.5 Å². The van der Waals surface area contributed by atoms with Crippen LogP contribution in [0.3, 0.4) is 0 Å². The second kappa shape index (κ2) is 6.85. The number of furan rings is 2. The molecule has 0 spiro atoms. The van der Waals surface area contributed by atoms with Gasteiger partial charge in [0.2, 0.25) is 0 Å². The van der Waals surface area contributed by atoms with E-state index in [4.69, 9.17) is 8.83 Å². The van der Waals surface area contributed by atoms with Crippen molar-refractivity contribution in [3.63, 3.8) is 0 Å². The van der Waals surface area contributed by atoms with Gasteiger partial charge >= 0.3 is 0 Å². The number of nitrogens with one attached hydrogen (secondary N) is 1. The largest absolute Gasteiger partial charge is 0.461 e. The zero-order chi connectivity index (χ0) is 16.2. The van der Waals surface area contributed by atoms with Gasteiger partial charge in [0.25, 0.3) is 5.91 Å². The van der Waals surface area contributed by atoms with E-state index in [0.717, 1.165) is 0 Å². The van der Waals surface area contributed by atoms with Crippen molar-refractivity contribution in [1.29, 1.82) is 0 Å². The summed E-state index contributed by atoms with van der Waals surface area (Å²) in [5.41, 5.74) is 0.510. The second-order valence-corrected chi connectivity index (χ2v) is 5.74. The molecule has 1 unspecified atom stereocenters. The van der Waals surface area contributed by atoms with Gasteiger partial charge in [-0.3, -0.25) is 4.79 Å². The summed E-state index contributed by atoms with van der Waals surface area (Å²) >= 11 is 3.32. The molecule has 5 nitrogen and oxygen atoms in total. The standard InChI is InChI=1S/C17H14BrNO4/c18-12-5-2-1-4-11(12)17(21)19-10-13(20)14-7-8-16(23-14)15-6-3-9-22-15/h1-9,13,20H,10H2,(H,19,21). The Morgan fingerprint density at radius 2 is 1.96 bits per heavy atom. The van der Waals surface area contributed by atoms with Crippen molar-refractivity contribution in [2.24, 2.45) is 0 Å². The molecule has 0 aliphatic heterocycles. The lowest BCUT2D eigenvalue weighted by Gasteiger charge is -2.10. The maximum Gasteiger partial charge on any atom is 0.252 e. The van der Waals surface area contributed by atoms with E-state index < -0.39 is 6.10 Å². The Morgan fingerprint density at radius 3 is 2.70 bits per heavy atom. The summed E-state index contributed by atoms with van der Waals surface area (Å²) in [6.45, 7) is 0.0469. The zero-order valence-electron chi connectivity index (χ0n) is 12.0.